The molecule has 3 rings (SSSR count). The van der Waals surface area contributed by atoms with Crippen molar-refractivity contribution in [3.63, 3.8) is 0 Å². The van der Waals surface area contributed by atoms with Gasteiger partial charge in [0, 0.05) is 23.0 Å². The Labute approximate surface area is 189 Å². The highest BCUT2D eigenvalue weighted by Crippen LogP contribution is 2.39. The highest BCUT2D eigenvalue weighted by atomic mass is 35.5. The summed E-state index contributed by atoms with van der Waals surface area (Å²) in [4.78, 5) is 16.2. The summed E-state index contributed by atoms with van der Waals surface area (Å²) in [6.07, 6.45) is 3.58. The summed E-state index contributed by atoms with van der Waals surface area (Å²) in [6.45, 7) is 12.6. The number of esters is 1. The first-order valence-electron chi connectivity index (χ1n) is 10.7. The van der Waals surface area contributed by atoms with Crippen LogP contribution in [0.4, 0.5) is 0 Å². The Bertz CT molecular complexity index is 889. The third-order valence-corrected chi connectivity index (χ3v) is 7.28. The highest BCUT2D eigenvalue weighted by Gasteiger charge is 2.31. The molecule has 162 valence electrons. The van der Waals surface area contributed by atoms with E-state index in [0.717, 1.165) is 54.9 Å². The molecule has 1 aromatic heterocycles. The van der Waals surface area contributed by atoms with E-state index in [-0.39, 0.29) is 12.0 Å². The minimum atomic E-state index is -0.479. The van der Waals surface area contributed by atoms with Crippen molar-refractivity contribution >= 4 is 28.9 Å². The van der Waals surface area contributed by atoms with Crippen LogP contribution in [-0.4, -0.2) is 24.0 Å². The van der Waals surface area contributed by atoms with E-state index in [4.69, 9.17) is 16.3 Å². The van der Waals surface area contributed by atoms with Gasteiger partial charge >= 0.3 is 5.97 Å². The van der Waals surface area contributed by atoms with E-state index >= 15 is 0 Å². The van der Waals surface area contributed by atoms with Gasteiger partial charge in [-0.3, -0.25) is 9.69 Å². The number of carbonyl (C=O) groups excluding carboxylic acids is 1. The lowest BCUT2D eigenvalue weighted by atomic mass is 9.85. The summed E-state index contributed by atoms with van der Waals surface area (Å²) in [6, 6.07) is 10.4. The SMILES string of the molecule is C=C(CCCC(C)(C)C(=O)OCC)[C@@H](c1ccccc1Cl)N1CCc2sccc2C1. The van der Waals surface area contributed by atoms with E-state index in [9.17, 15) is 4.79 Å². The van der Waals surface area contributed by atoms with Crippen molar-refractivity contribution in [1.29, 1.82) is 0 Å². The van der Waals surface area contributed by atoms with Gasteiger partial charge < -0.3 is 4.74 Å². The molecule has 0 N–H and O–H groups in total. The number of carbonyl (C=O) groups is 1. The molecule has 0 aliphatic carbocycles. The first kappa shape index (κ1) is 23.1. The molecule has 0 radical (unpaired) electrons. The Morgan fingerprint density at radius 2 is 2.10 bits per heavy atom. The first-order chi connectivity index (χ1) is 14.3. The zero-order valence-corrected chi connectivity index (χ0v) is 19.8. The number of rotatable bonds is 9. The molecule has 3 nitrogen and oxygen atoms in total. The Hall–Kier alpha value is -1.62. The first-order valence-corrected chi connectivity index (χ1v) is 12.0. The van der Waals surface area contributed by atoms with Gasteiger partial charge in [-0.15, -0.1) is 11.3 Å². The predicted octanol–water partition coefficient (Wildman–Crippen LogP) is 6.82. The summed E-state index contributed by atoms with van der Waals surface area (Å²) in [5.74, 6) is -0.126. The Morgan fingerprint density at radius 1 is 1.33 bits per heavy atom. The predicted molar refractivity (Wildman–Crippen MR) is 126 cm³/mol. The molecule has 2 aromatic rings. The van der Waals surface area contributed by atoms with Gasteiger partial charge in [-0.25, -0.2) is 0 Å². The van der Waals surface area contributed by atoms with Gasteiger partial charge in [-0.1, -0.05) is 42.0 Å². The second kappa shape index (κ2) is 10.1. The number of hydrogen-bond acceptors (Lipinski definition) is 4. The number of benzene rings is 1. The van der Waals surface area contributed by atoms with Crippen molar-refractivity contribution < 1.29 is 9.53 Å². The molecule has 0 bridgehead atoms. The van der Waals surface area contributed by atoms with E-state index in [1.54, 1.807) is 0 Å². The number of hydrogen-bond donors (Lipinski definition) is 0. The molecule has 1 atom stereocenters. The van der Waals surface area contributed by atoms with Crippen molar-refractivity contribution in [3.8, 4) is 0 Å². The van der Waals surface area contributed by atoms with Crippen molar-refractivity contribution in [2.75, 3.05) is 13.2 Å². The molecular weight excluding hydrogens is 414 g/mol. The van der Waals surface area contributed by atoms with Gasteiger partial charge in [0.05, 0.1) is 18.1 Å². The Kier molecular flexibility index (Phi) is 7.78. The lowest BCUT2D eigenvalue weighted by Gasteiger charge is -2.37. The molecule has 0 fully saturated rings. The van der Waals surface area contributed by atoms with Crippen LogP contribution < -0.4 is 0 Å². The van der Waals surface area contributed by atoms with Crippen LogP contribution in [0.1, 0.15) is 62.1 Å². The van der Waals surface area contributed by atoms with Crippen molar-refractivity contribution in [2.24, 2.45) is 5.41 Å². The van der Waals surface area contributed by atoms with Crippen LogP contribution >= 0.6 is 22.9 Å². The monoisotopic (exact) mass is 445 g/mol. The van der Waals surface area contributed by atoms with E-state index in [1.807, 2.05) is 50.3 Å². The Morgan fingerprint density at radius 3 is 2.83 bits per heavy atom. The second-order valence-electron chi connectivity index (χ2n) is 8.63. The van der Waals surface area contributed by atoms with Gasteiger partial charge in [0.15, 0.2) is 0 Å². The molecule has 0 spiro atoms. The molecule has 0 amide bonds. The van der Waals surface area contributed by atoms with Crippen LogP contribution in [0.25, 0.3) is 0 Å². The lowest BCUT2D eigenvalue weighted by molar-refractivity contribution is -0.153. The molecule has 0 saturated heterocycles. The van der Waals surface area contributed by atoms with E-state index in [0.29, 0.717) is 6.61 Å². The third kappa shape index (κ3) is 5.35. The molecule has 1 aliphatic rings. The summed E-state index contributed by atoms with van der Waals surface area (Å²) >= 11 is 8.47. The average molecular weight is 446 g/mol. The molecule has 1 aliphatic heterocycles. The summed E-state index contributed by atoms with van der Waals surface area (Å²) in [5, 5.41) is 2.97. The van der Waals surface area contributed by atoms with Crippen molar-refractivity contribution in [2.45, 2.75) is 59.0 Å². The highest BCUT2D eigenvalue weighted by molar-refractivity contribution is 7.10. The number of thiophene rings is 1. The largest absolute Gasteiger partial charge is 0.466 e. The summed E-state index contributed by atoms with van der Waals surface area (Å²) in [5.41, 5.74) is 3.21. The van der Waals surface area contributed by atoms with E-state index in [2.05, 4.69) is 29.0 Å². The van der Waals surface area contributed by atoms with Gasteiger partial charge in [-0.2, -0.15) is 0 Å². The van der Waals surface area contributed by atoms with Gasteiger partial charge in [0.25, 0.3) is 0 Å². The van der Waals surface area contributed by atoms with E-state index in [1.165, 1.54) is 10.4 Å². The van der Waals surface area contributed by atoms with Crippen LogP contribution in [0.2, 0.25) is 5.02 Å². The molecular formula is C25H32ClNO2S. The maximum Gasteiger partial charge on any atom is 0.311 e. The fourth-order valence-electron chi connectivity index (χ4n) is 4.18. The number of halogens is 1. The molecule has 5 heteroatoms. The summed E-state index contributed by atoms with van der Waals surface area (Å²) < 4.78 is 5.23. The van der Waals surface area contributed by atoms with Crippen LogP contribution in [-0.2, 0) is 22.5 Å². The zero-order valence-electron chi connectivity index (χ0n) is 18.2. The smallest absolute Gasteiger partial charge is 0.311 e. The third-order valence-electron chi connectivity index (χ3n) is 5.92. The minimum absolute atomic E-state index is 0.0810. The maximum absolute atomic E-state index is 12.2. The van der Waals surface area contributed by atoms with Crippen LogP contribution in [0.15, 0.2) is 47.9 Å². The van der Waals surface area contributed by atoms with Crippen LogP contribution in [0.3, 0.4) is 0 Å². The zero-order chi connectivity index (χ0) is 21.7. The quantitative estimate of drug-likeness (QED) is 0.313. The van der Waals surface area contributed by atoms with Crippen molar-refractivity contribution in [3.05, 3.63) is 68.9 Å². The topological polar surface area (TPSA) is 29.5 Å². The van der Waals surface area contributed by atoms with Gasteiger partial charge in [0.1, 0.15) is 0 Å². The molecule has 30 heavy (non-hydrogen) atoms. The fourth-order valence-corrected chi connectivity index (χ4v) is 5.31. The minimum Gasteiger partial charge on any atom is -0.466 e. The Balaban J connectivity index is 1.73. The van der Waals surface area contributed by atoms with Crippen LogP contribution in [0.5, 0.6) is 0 Å². The normalized spacial score (nSPS) is 15.5. The number of nitrogens with zero attached hydrogens (tertiary/aromatic N) is 1. The van der Waals surface area contributed by atoms with Gasteiger partial charge in [0.2, 0.25) is 0 Å². The lowest BCUT2D eigenvalue weighted by Crippen LogP contribution is -2.34. The van der Waals surface area contributed by atoms with Gasteiger partial charge in [-0.05, 0) is 75.1 Å². The molecule has 1 aromatic carbocycles. The number of fused-ring (bicyclic) bond motifs is 1. The molecule has 2 heterocycles. The number of ether oxygens (including phenoxy) is 1. The average Bonchev–Trinajstić information content (AvgIpc) is 3.17. The standard InChI is InChI=1S/C25H32ClNO2S/c1-5-29-24(28)25(3,4)14-8-9-18(2)23(20-10-6-7-11-21(20)26)27-15-12-22-19(17-27)13-16-30-22/h6-7,10-11,13,16,23H,2,5,8-9,12,14-15,17H2,1,3-4H3/t23-/m0/s1. The molecule has 0 unspecified atom stereocenters. The second-order valence-corrected chi connectivity index (χ2v) is 10.0. The summed E-state index contributed by atoms with van der Waals surface area (Å²) in [7, 11) is 0. The van der Waals surface area contributed by atoms with Crippen molar-refractivity contribution in [1.82, 2.24) is 4.90 Å². The fraction of sp³-hybridized carbons (Fsp3) is 0.480. The molecule has 0 saturated carbocycles. The maximum atomic E-state index is 12.2. The van der Waals surface area contributed by atoms with E-state index < -0.39 is 5.41 Å². The van der Waals surface area contributed by atoms with Crippen LogP contribution in [0, 0.1) is 5.41 Å².